The molecule has 4 nitrogen and oxygen atoms in total. The van der Waals surface area contributed by atoms with Crippen molar-refractivity contribution in [1.82, 2.24) is 4.98 Å². The van der Waals surface area contributed by atoms with Gasteiger partial charge in [0.1, 0.15) is 11.9 Å². The number of pyridine rings is 1. The molecule has 1 aromatic heterocycles. The second-order valence-electron chi connectivity index (χ2n) is 4.60. The largest absolute Gasteiger partial charge is 0.485 e. The van der Waals surface area contributed by atoms with Crippen LogP contribution < -0.4 is 16.2 Å². The molecule has 1 aliphatic heterocycles. The molecule has 0 fully saturated rings. The van der Waals surface area contributed by atoms with Gasteiger partial charge < -0.3 is 16.2 Å². The maximum Gasteiger partial charge on any atom is 0.165 e. The van der Waals surface area contributed by atoms with Crippen molar-refractivity contribution in [3.05, 3.63) is 41.8 Å². The van der Waals surface area contributed by atoms with Crippen LogP contribution in [0.4, 0.5) is 10.2 Å². The first-order chi connectivity index (χ1) is 9.17. The van der Waals surface area contributed by atoms with Crippen molar-refractivity contribution in [2.24, 2.45) is 5.73 Å². The third-order valence-corrected chi connectivity index (χ3v) is 3.23. The maximum absolute atomic E-state index is 14.0. The molecule has 1 aliphatic rings. The van der Waals surface area contributed by atoms with E-state index in [1.165, 1.54) is 6.07 Å². The Morgan fingerprint density at radius 2 is 2.16 bits per heavy atom. The molecule has 1 aromatic carbocycles. The molecule has 0 aliphatic carbocycles. The van der Waals surface area contributed by atoms with Gasteiger partial charge in [0.25, 0.3) is 0 Å². The van der Waals surface area contributed by atoms with Gasteiger partial charge in [-0.15, -0.1) is 0 Å². The van der Waals surface area contributed by atoms with Crippen molar-refractivity contribution >= 4 is 5.82 Å². The SMILES string of the molecule is NCC1Cc2cc(-c3ccnc(N)c3)cc(F)c2O1. The number of fused-ring (bicyclic) bond motifs is 1. The summed E-state index contributed by atoms with van der Waals surface area (Å²) in [5.74, 6) is 0.370. The Labute approximate surface area is 110 Å². The Balaban J connectivity index is 2.04. The quantitative estimate of drug-likeness (QED) is 0.861. The number of nitrogens with two attached hydrogens (primary N) is 2. The van der Waals surface area contributed by atoms with Crippen LogP contribution in [-0.2, 0) is 6.42 Å². The van der Waals surface area contributed by atoms with Crippen molar-refractivity contribution in [1.29, 1.82) is 0 Å². The first-order valence-electron chi connectivity index (χ1n) is 6.08. The second-order valence-corrected chi connectivity index (χ2v) is 4.60. The van der Waals surface area contributed by atoms with E-state index in [1.54, 1.807) is 18.3 Å². The highest BCUT2D eigenvalue weighted by atomic mass is 19.1. The number of halogens is 1. The standard InChI is InChI=1S/C14H14FN3O/c15-12-5-9(8-1-2-18-13(17)6-8)3-10-4-11(7-16)19-14(10)12/h1-3,5-6,11H,4,7,16H2,(H2,17,18). The van der Waals surface area contributed by atoms with Crippen LogP contribution in [0.25, 0.3) is 11.1 Å². The molecule has 98 valence electrons. The summed E-state index contributed by atoms with van der Waals surface area (Å²) in [5, 5.41) is 0. The summed E-state index contributed by atoms with van der Waals surface area (Å²) < 4.78 is 19.5. The number of nitrogen functional groups attached to an aromatic ring is 1. The summed E-state index contributed by atoms with van der Waals surface area (Å²) in [6.07, 6.45) is 2.11. The molecule has 19 heavy (non-hydrogen) atoms. The number of aromatic nitrogens is 1. The summed E-state index contributed by atoms with van der Waals surface area (Å²) in [6, 6.07) is 6.89. The zero-order chi connectivity index (χ0) is 13.4. The topological polar surface area (TPSA) is 74.2 Å². The highest BCUT2D eigenvalue weighted by Gasteiger charge is 2.25. The number of benzene rings is 1. The van der Waals surface area contributed by atoms with Crippen LogP contribution in [0.15, 0.2) is 30.5 Å². The van der Waals surface area contributed by atoms with Crippen LogP contribution in [0, 0.1) is 5.82 Å². The number of rotatable bonds is 2. The fraction of sp³-hybridized carbons (Fsp3) is 0.214. The lowest BCUT2D eigenvalue weighted by molar-refractivity contribution is 0.232. The van der Waals surface area contributed by atoms with E-state index in [1.807, 2.05) is 6.07 Å². The summed E-state index contributed by atoms with van der Waals surface area (Å²) in [6.45, 7) is 0.381. The van der Waals surface area contributed by atoms with E-state index < -0.39 is 0 Å². The molecule has 4 N–H and O–H groups in total. The highest BCUT2D eigenvalue weighted by Crippen LogP contribution is 2.35. The molecule has 0 bridgehead atoms. The van der Waals surface area contributed by atoms with Crippen LogP contribution in [0.1, 0.15) is 5.56 Å². The van der Waals surface area contributed by atoms with Crippen LogP contribution in [0.3, 0.4) is 0 Å². The van der Waals surface area contributed by atoms with E-state index in [4.69, 9.17) is 16.2 Å². The fourth-order valence-electron chi connectivity index (χ4n) is 2.31. The molecule has 5 heteroatoms. The van der Waals surface area contributed by atoms with Gasteiger partial charge >= 0.3 is 0 Å². The number of anilines is 1. The van der Waals surface area contributed by atoms with E-state index in [9.17, 15) is 4.39 Å². The van der Waals surface area contributed by atoms with Crippen molar-refractivity contribution in [2.45, 2.75) is 12.5 Å². The maximum atomic E-state index is 14.0. The molecular formula is C14H14FN3O. The van der Waals surface area contributed by atoms with Gasteiger partial charge in [0.2, 0.25) is 0 Å². The minimum Gasteiger partial charge on any atom is -0.485 e. The highest BCUT2D eigenvalue weighted by molar-refractivity contribution is 5.68. The fourth-order valence-corrected chi connectivity index (χ4v) is 2.31. The Hall–Kier alpha value is -2.14. The number of hydrogen-bond acceptors (Lipinski definition) is 4. The van der Waals surface area contributed by atoms with Crippen LogP contribution in [-0.4, -0.2) is 17.6 Å². The smallest absolute Gasteiger partial charge is 0.165 e. The predicted octanol–water partition coefficient (Wildman–Crippen LogP) is 1.73. The molecule has 2 heterocycles. The average molecular weight is 259 g/mol. The minimum absolute atomic E-state index is 0.137. The van der Waals surface area contributed by atoms with Gasteiger partial charge in [0.05, 0.1) is 0 Å². The van der Waals surface area contributed by atoms with Gasteiger partial charge in [0, 0.05) is 24.7 Å². The molecule has 1 atom stereocenters. The monoisotopic (exact) mass is 259 g/mol. The van der Waals surface area contributed by atoms with Crippen LogP contribution >= 0.6 is 0 Å². The van der Waals surface area contributed by atoms with Crippen LogP contribution in [0.2, 0.25) is 0 Å². The van der Waals surface area contributed by atoms with Crippen LogP contribution in [0.5, 0.6) is 5.75 Å². The zero-order valence-corrected chi connectivity index (χ0v) is 10.3. The van der Waals surface area contributed by atoms with E-state index in [0.717, 1.165) is 16.7 Å². The first-order valence-corrected chi connectivity index (χ1v) is 6.08. The second kappa shape index (κ2) is 4.51. The third kappa shape index (κ3) is 2.13. The van der Waals surface area contributed by atoms with Crippen molar-refractivity contribution in [2.75, 3.05) is 12.3 Å². The number of nitrogens with zero attached hydrogens (tertiary/aromatic N) is 1. The van der Waals surface area contributed by atoms with Gasteiger partial charge in [-0.25, -0.2) is 9.37 Å². The predicted molar refractivity (Wildman–Crippen MR) is 71.2 cm³/mol. The molecule has 1 unspecified atom stereocenters. The van der Waals surface area contributed by atoms with Gasteiger partial charge in [-0.3, -0.25) is 0 Å². The Kier molecular flexibility index (Phi) is 2.83. The number of ether oxygens (including phenoxy) is 1. The lowest BCUT2D eigenvalue weighted by Gasteiger charge is -2.08. The van der Waals surface area contributed by atoms with Crippen molar-refractivity contribution < 1.29 is 9.13 Å². The molecule has 3 rings (SSSR count). The Morgan fingerprint density at radius 1 is 1.32 bits per heavy atom. The van der Waals surface area contributed by atoms with Gasteiger partial charge in [-0.1, -0.05) is 0 Å². The minimum atomic E-state index is -0.362. The molecule has 2 aromatic rings. The lowest BCUT2D eigenvalue weighted by atomic mass is 10.0. The van der Waals surface area contributed by atoms with Crippen molar-refractivity contribution in [3.8, 4) is 16.9 Å². The Bertz CT molecular complexity index is 630. The molecule has 0 saturated carbocycles. The van der Waals surface area contributed by atoms with Gasteiger partial charge in [-0.05, 0) is 35.4 Å². The van der Waals surface area contributed by atoms with E-state index in [2.05, 4.69) is 4.98 Å². The van der Waals surface area contributed by atoms with E-state index in [0.29, 0.717) is 24.5 Å². The summed E-state index contributed by atoms with van der Waals surface area (Å²) in [5.41, 5.74) is 13.7. The molecular weight excluding hydrogens is 245 g/mol. The summed E-state index contributed by atoms with van der Waals surface area (Å²) in [7, 11) is 0. The first kappa shape index (κ1) is 11.9. The average Bonchev–Trinajstić information content (AvgIpc) is 2.82. The van der Waals surface area contributed by atoms with Gasteiger partial charge in [0.15, 0.2) is 11.6 Å². The number of hydrogen-bond donors (Lipinski definition) is 2. The molecule has 0 spiro atoms. The lowest BCUT2D eigenvalue weighted by Crippen LogP contribution is -2.24. The van der Waals surface area contributed by atoms with Gasteiger partial charge in [-0.2, -0.15) is 0 Å². The summed E-state index contributed by atoms with van der Waals surface area (Å²) >= 11 is 0. The summed E-state index contributed by atoms with van der Waals surface area (Å²) in [4.78, 5) is 3.93. The third-order valence-electron chi connectivity index (χ3n) is 3.23. The van der Waals surface area contributed by atoms with E-state index >= 15 is 0 Å². The van der Waals surface area contributed by atoms with E-state index in [-0.39, 0.29) is 11.9 Å². The van der Waals surface area contributed by atoms with Crippen molar-refractivity contribution in [3.63, 3.8) is 0 Å². The molecule has 0 saturated heterocycles. The molecule has 0 amide bonds. The zero-order valence-electron chi connectivity index (χ0n) is 10.3. The normalized spacial score (nSPS) is 17.1. The Morgan fingerprint density at radius 3 is 2.89 bits per heavy atom. The molecule has 0 radical (unpaired) electrons.